The maximum atomic E-state index is 12.7. The number of carbonyl (C=O) groups excluding carboxylic acids is 1. The summed E-state index contributed by atoms with van der Waals surface area (Å²) in [5.74, 6) is 0.0481. The van der Waals surface area contributed by atoms with Gasteiger partial charge in [0.05, 0.1) is 5.56 Å². The predicted octanol–water partition coefficient (Wildman–Crippen LogP) is 3.71. The molecule has 2 aromatic rings. The Labute approximate surface area is 152 Å². The number of carbonyl (C=O) groups is 1. The van der Waals surface area contributed by atoms with Crippen LogP contribution in [0.4, 0.5) is 5.00 Å². The van der Waals surface area contributed by atoms with Crippen LogP contribution in [-0.2, 0) is 13.0 Å². The van der Waals surface area contributed by atoms with E-state index in [-0.39, 0.29) is 12.1 Å². The van der Waals surface area contributed by atoms with Gasteiger partial charge in [-0.1, -0.05) is 36.4 Å². The van der Waals surface area contributed by atoms with E-state index in [4.69, 9.17) is 0 Å². The highest BCUT2D eigenvalue weighted by Gasteiger charge is 2.32. The van der Waals surface area contributed by atoms with Crippen molar-refractivity contribution in [1.82, 2.24) is 10.2 Å². The van der Waals surface area contributed by atoms with E-state index in [1.807, 2.05) is 30.4 Å². The molecule has 25 heavy (non-hydrogen) atoms. The molecule has 130 valence electrons. The molecule has 0 spiro atoms. The molecule has 3 heterocycles. The number of amides is 1. The van der Waals surface area contributed by atoms with Crippen molar-refractivity contribution in [2.75, 3.05) is 11.9 Å². The Morgan fingerprint density at radius 3 is 2.80 bits per heavy atom. The minimum absolute atomic E-state index is 0.0481. The van der Waals surface area contributed by atoms with Gasteiger partial charge < -0.3 is 10.6 Å². The first-order valence-electron chi connectivity index (χ1n) is 8.81. The van der Waals surface area contributed by atoms with E-state index in [0.29, 0.717) is 6.04 Å². The Kier molecular flexibility index (Phi) is 4.36. The van der Waals surface area contributed by atoms with Crippen molar-refractivity contribution in [1.29, 1.82) is 0 Å². The van der Waals surface area contributed by atoms with Gasteiger partial charge in [-0.25, -0.2) is 0 Å². The van der Waals surface area contributed by atoms with Crippen LogP contribution in [0, 0.1) is 0 Å². The highest BCUT2D eigenvalue weighted by Crippen LogP contribution is 2.39. The van der Waals surface area contributed by atoms with Crippen molar-refractivity contribution in [3.8, 4) is 0 Å². The fourth-order valence-electron chi connectivity index (χ4n) is 3.46. The Bertz CT molecular complexity index is 810. The first-order chi connectivity index (χ1) is 12.1. The molecule has 2 aliphatic rings. The molecule has 2 aliphatic heterocycles. The molecular weight excluding hydrogens is 330 g/mol. The lowest BCUT2D eigenvalue weighted by molar-refractivity contribution is 0.0942. The first-order valence-corrected chi connectivity index (χ1v) is 9.62. The SMILES string of the molecule is CC(C)N1CCc2c(sc3c2C(=O)N[C@@H](/C=C\c2ccccc2)N3)C1. The summed E-state index contributed by atoms with van der Waals surface area (Å²) in [5, 5.41) is 7.57. The summed E-state index contributed by atoms with van der Waals surface area (Å²) in [6, 6.07) is 10.7. The quantitative estimate of drug-likeness (QED) is 0.884. The number of rotatable bonds is 3. The van der Waals surface area contributed by atoms with Crippen LogP contribution in [0.1, 0.15) is 40.2 Å². The summed E-state index contributed by atoms with van der Waals surface area (Å²) >= 11 is 1.74. The molecule has 0 unspecified atom stereocenters. The van der Waals surface area contributed by atoms with Crippen LogP contribution in [0.2, 0.25) is 0 Å². The summed E-state index contributed by atoms with van der Waals surface area (Å²) in [6.07, 6.45) is 4.84. The number of hydrogen-bond acceptors (Lipinski definition) is 4. The molecule has 4 nitrogen and oxygen atoms in total. The van der Waals surface area contributed by atoms with Gasteiger partial charge in [-0.2, -0.15) is 0 Å². The van der Waals surface area contributed by atoms with Crippen LogP contribution in [0.3, 0.4) is 0 Å². The second kappa shape index (κ2) is 6.65. The highest BCUT2D eigenvalue weighted by molar-refractivity contribution is 7.16. The van der Waals surface area contributed by atoms with Crippen LogP contribution >= 0.6 is 11.3 Å². The lowest BCUT2D eigenvalue weighted by atomic mass is 10.0. The molecule has 4 rings (SSSR count). The summed E-state index contributed by atoms with van der Waals surface area (Å²) in [4.78, 5) is 16.5. The maximum absolute atomic E-state index is 12.7. The van der Waals surface area contributed by atoms with Crippen molar-refractivity contribution in [2.45, 2.75) is 39.0 Å². The van der Waals surface area contributed by atoms with Gasteiger partial charge in [0.25, 0.3) is 5.91 Å². The van der Waals surface area contributed by atoms with Gasteiger partial charge in [-0.05, 0) is 37.5 Å². The standard InChI is InChI=1S/C20H23N3OS/c1-13(2)23-11-10-15-16(12-23)25-20-18(15)19(24)21-17(22-20)9-8-14-6-4-3-5-7-14/h3-9,13,17,22H,10-12H2,1-2H3,(H,21,24)/b9-8-/t17-/m1/s1. The average molecular weight is 353 g/mol. The normalized spacial score (nSPS) is 20.3. The van der Waals surface area contributed by atoms with Gasteiger partial charge in [0, 0.05) is 24.0 Å². The average Bonchev–Trinajstić information content (AvgIpc) is 2.98. The molecule has 1 aromatic heterocycles. The van der Waals surface area contributed by atoms with Crippen molar-refractivity contribution in [3.05, 3.63) is 58.0 Å². The van der Waals surface area contributed by atoms with Gasteiger partial charge in [-0.15, -0.1) is 11.3 Å². The van der Waals surface area contributed by atoms with Crippen molar-refractivity contribution in [2.24, 2.45) is 0 Å². The molecule has 0 bridgehead atoms. The number of nitrogens with zero attached hydrogens (tertiary/aromatic N) is 1. The lowest BCUT2D eigenvalue weighted by Crippen LogP contribution is -2.43. The summed E-state index contributed by atoms with van der Waals surface area (Å²) in [5.41, 5.74) is 3.24. The zero-order valence-corrected chi connectivity index (χ0v) is 15.4. The summed E-state index contributed by atoms with van der Waals surface area (Å²) < 4.78 is 0. The van der Waals surface area contributed by atoms with E-state index >= 15 is 0 Å². The summed E-state index contributed by atoms with van der Waals surface area (Å²) in [7, 11) is 0. The Balaban J connectivity index is 1.56. The van der Waals surface area contributed by atoms with Crippen molar-refractivity contribution >= 4 is 28.3 Å². The topological polar surface area (TPSA) is 44.4 Å². The van der Waals surface area contributed by atoms with E-state index in [2.05, 4.69) is 41.5 Å². The van der Waals surface area contributed by atoms with E-state index in [1.165, 1.54) is 10.4 Å². The molecule has 1 aromatic carbocycles. The number of hydrogen-bond donors (Lipinski definition) is 2. The third-order valence-electron chi connectivity index (χ3n) is 4.90. The molecule has 0 aliphatic carbocycles. The van der Waals surface area contributed by atoms with Crippen LogP contribution in [0.5, 0.6) is 0 Å². The molecule has 0 saturated carbocycles. The van der Waals surface area contributed by atoms with Crippen molar-refractivity contribution in [3.63, 3.8) is 0 Å². The first kappa shape index (κ1) is 16.4. The van der Waals surface area contributed by atoms with E-state index < -0.39 is 0 Å². The zero-order valence-electron chi connectivity index (χ0n) is 14.6. The molecule has 0 saturated heterocycles. The van der Waals surface area contributed by atoms with Crippen molar-refractivity contribution < 1.29 is 4.79 Å². The summed E-state index contributed by atoms with van der Waals surface area (Å²) in [6.45, 7) is 6.43. The van der Waals surface area contributed by atoms with Crippen LogP contribution in [-0.4, -0.2) is 29.6 Å². The second-order valence-electron chi connectivity index (χ2n) is 6.89. The number of fused-ring (bicyclic) bond motifs is 3. The van der Waals surface area contributed by atoms with Gasteiger partial charge in [0.15, 0.2) is 0 Å². The minimum Gasteiger partial charge on any atom is -0.353 e. The largest absolute Gasteiger partial charge is 0.353 e. The minimum atomic E-state index is -0.165. The third-order valence-corrected chi connectivity index (χ3v) is 6.05. The highest BCUT2D eigenvalue weighted by atomic mass is 32.1. The lowest BCUT2D eigenvalue weighted by Gasteiger charge is -2.30. The van der Waals surface area contributed by atoms with Gasteiger partial charge in [0.1, 0.15) is 11.2 Å². The number of thiophene rings is 1. The van der Waals surface area contributed by atoms with Gasteiger partial charge in [0.2, 0.25) is 0 Å². The Hall–Kier alpha value is -2.11. The van der Waals surface area contributed by atoms with E-state index in [1.54, 1.807) is 11.3 Å². The smallest absolute Gasteiger partial charge is 0.256 e. The number of nitrogens with one attached hydrogen (secondary N) is 2. The predicted molar refractivity (Wildman–Crippen MR) is 104 cm³/mol. The Morgan fingerprint density at radius 1 is 1.24 bits per heavy atom. The maximum Gasteiger partial charge on any atom is 0.256 e. The van der Waals surface area contributed by atoms with E-state index in [0.717, 1.165) is 35.6 Å². The number of anilines is 1. The molecule has 1 atom stereocenters. The monoisotopic (exact) mass is 353 g/mol. The van der Waals surface area contributed by atoms with Gasteiger partial charge in [-0.3, -0.25) is 9.69 Å². The molecule has 0 radical (unpaired) electrons. The van der Waals surface area contributed by atoms with Crippen LogP contribution in [0.25, 0.3) is 6.08 Å². The molecular formula is C20H23N3OS. The molecule has 5 heteroatoms. The molecule has 2 N–H and O–H groups in total. The van der Waals surface area contributed by atoms with Crippen LogP contribution < -0.4 is 10.6 Å². The number of benzene rings is 1. The fourth-order valence-corrected chi connectivity index (χ4v) is 4.77. The van der Waals surface area contributed by atoms with Crippen LogP contribution in [0.15, 0.2) is 36.4 Å². The third kappa shape index (κ3) is 3.22. The second-order valence-corrected chi connectivity index (χ2v) is 7.99. The fraction of sp³-hybridized carbons (Fsp3) is 0.350. The van der Waals surface area contributed by atoms with E-state index in [9.17, 15) is 4.79 Å². The van der Waals surface area contributed by atoms with Gasteiger partial charge >= 0.3 is 0 Å². The Morgan fingerprint density at radius 2 is 2.04 bits per heavy atom. The molecule has 0 fully saturated rings. The molecule has 1 amide bonds. The zero-order chi connectivity index (χ0) is 17.4.